The number of carbonyl (C=O) groups excluding carboxylic acids is 2. The van der Waals surface area contributed by atoms with Crippen molar-refractivity contribution < 1.29 is 19.4 Å². The zero-order chi connectivity index (χ0) is 22.7. The zero-order valence-electron chi connectivity index (χ0n) is 18.2. The summed E-state index contributed by atoms with van der Waals surface area (Å²) >= 11 is 6.05. The number of methoxy groups -OCH3 is 1. The average molecular weight is 443 g/mol. The Morgan fingerprint density at radius 2 is 1.84 bits per heavy atom. The van der Waals surface area contributed by atoms with Gasteiger partial charge < -0.3 is 19.6 Å². The van der Waals surface area contributed by atoms with Gasteiger partial charge in [-0.3, -0.25) is 9.59 Å². The summed E-state index contributed by atoms with van der Waals surface area (Å²) in [5, 5.41) is 11.7. The molecule has 0 aliphatic carbocycles. The van der Waals surface area contributed by atoms with E-state index in [2.05, 4.69) is 0 Å². The fourth-order valence-corrected chi connectivity index (χ4v) is 3.96. The number of amides is 1. The molecule has 6 nitrogen and oxygen atoms in total. The van der Waals surface area contributed by atoms with Crippen LogP contribution in [-0.4, -0.2) is 60.9 Å². The van der Waals surface area contributed by atoms with Gasteiger partial charge in [-0.05, 0) is 75.4 Å². The van der Waals surface area contributed by atoms with Gasteiger partial charge in [-0.25, -0.2) is 0 Å². The molecule has 1 heterocycles. The smallest absolute Gasteiger partial charge is 0.295 e. The van der Waals surface area contributed by atoms with Crippen LogP contribution in [0.4, 0.5) is 0 Å². The summed E-state index contributed by atoms with van der Waals surface area (Å²) < 4.78 is 5.23. The lowest BCUT2D eigenvalue weighted by molar-refractivity contribution is -0.139. The van der Waals surface area contributed by atoms with Gasteiger partial charge in [0.15, 0.2) is 0 Å². The number of carbonyl (C=O) groups is 2. The first-order valence-electron chi connectivity index (χ1n) is 10.1. The number of likely N-dealkylation sites (tertiary alicyclic amines) is 1. The molecule has 0 bridgehead atoms. The number of aliphatic hydroxyl groups is 1. The van der Waals surface area contributed by atoms with Crippen LogP contribution in [0.2, 0.25) is 5.02 Å². The lowest BCUT2D eigenvalue weighted by Crippen LogP contribution is -2.32. The molecule has 2 aromatic rings. The number of nitrogens with zero attached hydrogens (tertiary/aromatic N) is 2. The van der Waals surface area contributed by atoms with Gasteiger partial charge >= 0.3 is 0 Å². The van der Waals surface area contributed by atoms with Crippen molar-refractivity contribution in [2.24, 2.45) is 0 Å². The lowest BCUT2D eigenvalue weighted by Gasteiger charge is -2.26. The molecule has 31 heavy (non-hydrogen) atoms. The number of ether oxygens (including phenoxy) is 1. The Balaban J connectivity index is 2.11. The minimum atomic E-state index is -0.683. The Kier molecular flexibility index (Phi) is 7.03. The van der Waals surface area contributed by atoms with E-state index in [0.717, 1.165) is 17.7 Å². The van der Waals surface area contributed by atoms with Crippen LogP contribution in [0.15, 0.2) is 48.0 Å². The van der Waals surface area contributed by atoms with E-state index in [0.29, 0.717) is 29.3 Å². The number of aliphatic hydroxyl groups excluding tert-OH is 1. The normalized spacial score (nSPS) is 18.1. The highest BCUT2D eigenvalue weighted by molar-refractivity contribution is 6.46. The largest absolute Gasteiger partial charge is 0.507 e. The molecular weight excluding hydrogens is 416 g/mol. The van der Waals surface area contributed by atoms with Crippen LogP contribution in [0, 0.1) is 6.92 Å². The van der Waals surface area contributed by atoms with Gasteiger partial charge in [0.1, 0.15) is 11.5 Å². The third-order valence-corrected chi connectivity index (χ3v) is 5.67. The van der Waals surface area contributed by atoms with Crippen molar-refractivity contribution in [1.29, 1.82) is 0 Å². The third kappa shape index (κ3) is 4.75. The number of aryl methyl sites for hydroxylation is 1. The van der Waals surface area contributed by atoms with Crippen LogP contribution in [0.25, 0.3) is 5.76 Å². The van der Waals surface area contributed by atoms with E-state index in [1.54, 1.807) is 54.5 Å². The van der Waals surface area contributed by atoms with Gasteiger partial charge in [-0.15, -0.1) is 0 Å². The molecule has 0 spiro atoms. The quantitative estimate of drug-likeness (QED) is 0.398. The van der Waals surface area contributed by atoms with Gasteiger partial charge in [0.2, 0.25) is 0 Å². The van der Waals surface area contributed by atoms with Crippen molar-refractivity contribution in [3.05, 3.63) is 69.8 Å². The summed E-state index contributed by atoms with van der Waals surface area (Å²) in [7, 11) is 5.47. The summed E-state index contributed by atoms with van der Waals surface area (Å²) in [4.78, 5) is 29.5. The Bertz CT molecular complexity index is 1010. The number of halogens is 1. The maximum atomic E-state index is 13.0. The fourth-order valence-electron chi connectivity index (χ4n) is 3.83. The average Bonchev–Trinajstić information content (AvgIpc) is 2.98. The minimum absolute atomic E-state index is 0.0884. The molecule has 0 unspecified atom stereocenters. The molecule has 1 N–H and O–H groups in total. The molecule has 1 atom stereocenters. The predicted octanol–water partition coefficient (Wildman–Crippen LogP) is 4.03. The number of Topliss-reactive ketones (excluding diaryl/α,β-unsaturated/α-hetero) is 1. The van der Waals surface area contributed by atoms with Crippen LogP contribution >= 0.6 is 11.6 Å². The molecule has 0 aromatic heterocycles. The first-order chi connectivity index (χ1) is 14.7. The van der Waals surface area contributed by atoms with Gasteiger partial charge in [-0.2, -0.15) is 0 Å². The van der Waals surface area contributed by atoms with Crippen LogP contribution in [0.5, 0.6) is 5.75 Å². The fraction of sp³-hybridized carbons (Fsp3) is 0.333. The Morgan fingerprint density at radius 3 is 2.42 bits per heavy atom. The molecule has 1 aliphatic rings. The molecule has 1 fully saturated rings. The second-order valence-corrected chi connectivity index (χ2v) is 8.32. The van der Waals surface area contributed by atoms with E-state index in [4.69, 9.17) is 16.3 Å². The first kappa shape index (κ1) is 22.8. The van der Waals surface area contributed by atoms with Crippen molar-refractivity contribution in [3.8, 4) is 5.75 Å². The monoisotopic (exact) mass is 442 g/mol. The Morgan fingerprint density at radius 1 is 1.16 bits per heavy atom. The zero-order valence-corrected chi connectivity index (χ0v) is 18.9. The number of hydrogen-bond donors (Lipinski definition) is 1. The van der Waals surface area contributed by atoms with Crippen LogP contribution in [-0.2, 0) is 9.59 Å². The van der Waals surface area contributed by atoms with Crippen LogP contribution < -0.4 is 4.74 Å². The van der Waals surface area contributed by atoms with E-state index in [-0.39, 0.29) is 11.3 Å². The van der Waals surface area contributed by atoms with Crippen LogP contribution in [0.3, 0.4) is 0 Å². The second-order valence-electron chi connectivity index (χ2n) is 7.88. The first-order valence-corrected chi connectivity index (χ1v) is 10.5. The van der Waals surface area contributed by atoms with Gasteiger partial charge in [0, 0.05) is 17.1 Å². The predicted molar refractivity (Wildman–Crippen MR) is 121 cm³/mol. The summed E-state index contributed by atoms with van der Waals surface area (Å²) in [6, 6.07) is 11.5. The number of rotatable bonds is 7. The summed E-state index contributed by atoms with van der Waals surface area (Å²) in [5.74, 6) is -0.829. The van der Waals surface area contributed by atoms with Crippen molar-refractivity contribution in [2.75, 3.05) is 34.3 Å². The van der Waals surface area contributed by atoms with E-state index < -0.39 is 17.7 Å². The summed E-state index contributed by atoms with van der Waals surface area (Å²) in [6.45, 7) is 2.99. The van der Waals surface area contributed by atoms with Crippen molar-refractivity contribution >= 4 is 29.1 Å². The molecule has 0 radical (unpaired) electrons. The van der Waals surface area contributed by atoms with Crippen molar-refractivity contribution in [2.45, 2.75) is 19.4 Å². The topological polar surface area (TPSA) is 70.1 Å². The SMILES string of the molecule is COc1ccc(/C(O)=C2\C(=O)C(=O)N(CCCN(C)C)[C@H]2c2ccc(Cl)cc2)c(C)c1. The highest BCUT2D eigenvalue weighted by Crippen LogP contribution is 2.40. The standard InChI is InChI=1S/C24H27ClN2O4/c1-15-14-18(31-4)10-11-19(15)22(28)20-21(16-6-8-17(25)9-7-16)27(24(30)23(20)29)13-5-12-26(2)3/h6-11,14,21,28H,5,12-13H2,1-4H3/b22-20+/t21-/m0/s1. The summed E-state index contributed by atoms with van der Waals surface area (Å²) in [5.41, 5.74) is 2.04. The molecule has 0 saturated carbocycles. The molecule has 164 valence electrons. The number of benzene rings is 2. The Labute approximate surface area is 187 Å². The van der Waals surface area contributed by atoms with E-state index >= 15 is 0 Å². The van der Waals surface area contributed by atoms with E-state index in [1.807, 2.05) is 25.9 Å². The van der Waals surface area contributed by atoms with Gasteiger partial charge in [0.05, 0.1) is 18.7 Å². The van der Waals surface area contributed by atoms with Crippen LogP contribution in [0.1, 0.15) is 29.2 Å². The molecule has 1 saturated heterocycles. The highest BCUT2D eigenvalue weighted by atomic mass is 35.5. The third-order valence-electron chi connectivity index (χ3n) is 5.42. The number of ketones is 1. The van der Waals surface area contributed by atoms with Crippen molar-refractivity contribution in [3.63, 3.8) is 0 Å². The molecule has 2 aromatic carbocycles. The second kappa shape index (κ2) is 9.54. The van der Waals surface area contributed by atoms with Crippen molar-refractivity contribution in [1.82, 2.24) is 9.80 Å². The minimum Gasteiger partial charge on any atom is -0.507 e. The van der Waals surface area contributed by atoms with E-state index in [9.17, 15) is 14.7 Å². The van der Waals surface area contributed by atoms with E-state index in [1.165, 1.54) is 0 Å². The molecule has 7 heteroatoms. The maximum Gasteiger partial charge on any atom is 0.295 e. The highest BCUT2D eigenvalue weighted by Gasteiger charge is 2.45. The Hall–Kier alpha value is -2.83. The molecular formula is C24H27ClN2O4. The molecule has 1 aliphatic heterocycles. The number of hydrogen-bond acceptors (Lipinski definition) is 5. The lowest BCUT2D eigenvalue weighted by atomic mass is 9.94. The molecule has 1 amide bonds. The maximum absolute atomic E-state index is 13.0. The summed E-state index contributed by atoms with van der Waals surface area (Å²) in [6.07, 6.45) is 0.700. The van der Waals surface area contributed by atoms with Gasteiger partial charge in [0.25, 0.3) is 11.7 Å². The molecule has 3 rings (SSSR count). The van der Waals surface area contributed by atoms with Gasteiger partial charge in [-0.1, -0.05) is 23.7 Å².